The minimum absolute atomic E-state index is 0.141. The maximum Gasteiger partial charge on any atom is 0.0484 e. The van der Waals surface area contributed by atoms with Crippen LogP contribution in [0, 0.1) is 23.2 Å². The van der Waals surface area contributed by atoms with Crippen LogP contribution in [0.2, 0.25) is 0 Å². The first kappa shape index (κ1) is 12.0. The first-order valence-electron chi connectivity index (χ1n) is 6.08. The molecule has 1 aliphatic carbocycles. The molecule has 1 saturated carbocycles. The molecule has 0 unspecified atom stereocenters. The molecule has 1 fully saturated rings. The van der Waals surface area contributed by atoms with Crippen LogP contribution in [0.5, 0.6) is 0 Å². The summed E-state index contributed by atoms with van der Waals surface area (Å²) in [4.78, 5) is 0. The molecule has 1 N–H and O–H groups in total. The van der Waals surface area contributed by atoms with E-state index in [2.05, 4.69) is 27.7 Å². The van der Waals surface area contributed by atoms with Crippen LogP contribution in [0.4, 0.5) is 0 Å². The van der Waals surface area contributed by atoms with Crippen molar-refractivity contribution in [3.8, 4) is 0 Å². The van der Waals surface area contributed by atoms with Crippen LogP contribution in [0.25, 0.3) is 0 Å². The Balaban J connectivity index is 2.43. The number of hydrogen-bond donors (Lipinski definition) is 1. The van der Waals surface area contributed by atoms with Crippen LogP contribution in [0.3, 0.4) is 0 Å². The highest BCUT2D eigenvalue weighted by molar-refractivity contribution is 4.83. The molecule has 0 bridgehead atoms. The molecule has 0 aromatic rings. The average Bonchev–Trinajstić information content (AvgIpc) is 2.18. The van der Waals surface area contributed by atoms with Gasteiger partial charge in [-0.15, -0.1) is 0 Å². The Morgan fingerprint density at radius 2 is 1.64 bits per heavy atom. The first-order valence-corrected chi connectivity index (χ1v) is 6.08. The van der Waals surface area contributed by atoms with E-state index >= 15 is 0 Å². The van der Waals surface area contributed by atoms with Gasteiger partial charge in [0.15, 0.2) is 0 Å². The highest BCUT2D eigenvalue weighted by Gasteiger charge is 2.33. The predicted octanol–water partition coefficient (Wildman–Crippen LogP) is 3.47. The fourth-order valence-electron chi connectivity index (χ4n) is 2.70. The van der Waals surface area contributed by atoms with Crippen molar-refractivity contribution in [1.29, 1.82) is 0 Å². The zero-order valence-corrected chi connectivity index (χ0v) is 10.2. The van der Waals surface area contributed by atoms with Crippen LogP contribution in [0.1, 0.15) is 53.4 Å². The lowest BCUT2D eigenvalue weighted by Gasteiger charge is -2.39. The van der Waals surface area contributed by atoms with Crippen molar-refractivity contribution >= 4 is 0 Å². The third-order valence-corrected chi connectivity index (χ3v) is 4.23. The minimum atomic E-state index is 0.141. The van der Waals surface area contributed by atoms with Crippen LogP contribution >= 0.6 is 0 Å². The summed E-state index contributed by atoms with van der Waals surface area (Å²) in [7, 11) is 0. The first-order chi connectivity index (χ1) is 6.47. The Hall–Kier alpha value is -0.0400. The van der Waals surface area contributed by atoms with E-state index < -0.39 is 0 Å². The van der Waals surface area contributed by atoms with Crippen LogP contribution in [-0.4, -0.2) is 11.7 Å². The normalized spacial score (nSPS) is 29.6. The van der Waals surface area contributed by atoms with Gasteiger partial charge in [0.25, 0.3) is 0 Å². The van der Waals surface area contributed by atoms with Gasteiger partial charge in [0, 0.05) is 6.61 Å². The van der Waals surface area contributed by atoms with Gasteiger partial charge in [-0.3, -0.25) is 0 Å². The van der Waals surface area contributed by atoms with E-state index in [-0.39, 0.29) is 5.41 Å². The van der Waals surface area contributed by atoms with Gasteiger partial charge in [0.2, 0.25) is 0 Å². The fraction of sp³-hybridized carbons (Fsp3) is 1.00. The summed E-state index contributed by atoms with van der Waals surface area (Å²) in [5.41, 5.74) is 0.141. The summed E-state index contributed by atoms with van der Waals surface area (Å²) >= 11 is 0. The largest absolute Gasteiger partial charge is 0.396 e. The molecule has 1 heteroatoms. The van der Waals surface area contributed by atoms with E-state index in [0.717, 1.165) is 17.8 Å². The van der Waals surface area contributed by atoms with Gasteiger partial charge >= 0.3 is 0 Å². The van der Waals surface area contributed by atoms with E-state index in [1.165, 1.54) is 25.7 Å². The molecule has 0 spiro atoms. The zero-order chi connectivity index (χ0) is 10.8. The number of hydrogen-bond acceptors (Lipinski definition) is 1. The maximum atomic E-state index is 9.32. The Morgan fingerprint density at radius 1 is 1.14 bits per heavy atom. The highest BCUT2D eigenvalue weighted by atomic mass is 16.3. The van der Waals surface area contributed by atoms with E-state index in [1.807, 2.05) is 0 Å². The highest BCUT2D eigenvalue weighted by Crippen LogP contribution is 2.41. The van der Waals surface area contributed by atoms with Gasteiger partial charge in [-0.2, -0.15) is 0 Å². The summed E-state index contributed by atoms with van der Waals surface area (Å²) in [6.07, 6.45) is 5.37. The predicted molar refractivity (Wildman–Crippen MR) is 61.2 cm³/mol. The zero-order valence-electron chi connectivity index (χ0n) is 10.2. The lowest BCUT2D eigenvalue weighted by molar-refractivity contribution is 0.0565. The number of rotatable bonds is 3. The summed E-state index contributed by atoms with van der Waals surface area (Å²) in [5, 5.41) is 9.32. The molecule has 0 amide bonds. The maximum absolute atomic E-state index is 9.32. The van der Waals surface area contributed by atoms with Crippen LogP contribution < -0.4 is 0 Å². The molecule has 0 aromatic heterocycles. The summed E-state index contributed by atoms with van der Waals surface area (Å²) in [5.74, 6) is 2.51. The van der Waals surface area contributed by atoms with Crippen molar-refractivity contribution in [3.63, 3.8) is 0 Å². The van der Waals surface area contributed by atoms with Gasteiger partial charge < -0.3 is 5.11 Å². The summed E-state index contributed by atoms with van der Waals surface area (Å²) < 4.78 is 0. The third-order valence-electron chi connectivity index (χ3n) is 4.23. The lowest BCUT2D eigenvalue weighted by atomic mass is 9.67. The Labute approximate surface area is 88.9 Å². The summed E-state index contributed by atoms with van der Waals surface area (Å²) in [6.45, 7) is 9.41. The monoisotopic (exact) mass is 198 g/mol. The van der Waals surface area contributed by atoms with Crippen LogP contribution in [-0.2, 0) is 0 Å². The van der Waals surface area contributed by atoms with E-state index in [0.29, 0.717) is 6.61 Å². The van der Waals surface area contributed by atoms with Crippen molar-refractivity contribution < 1.29 is 5.11 Å². The Kier molecular flexibility index (Phi) is 4.00. The lowest BCUT2D eigenvalue weighted by Crippen LogP contribution is -2.32. The number of aliphatic hydroxyl groups excluding tert-OH is 1. The average molecular weight is 198 g/mol. The van der Waals surface area contributed by atoms with E-state index in [9.17, 15) is 5.11 Å². The molecule has 1 nitrogen and oxygen atoms in total. The second-order valence-electron chi connectivity index (χ2n) is 6.00. The minimum Gasteiger partial charge on any atom is -0.396 e. The van der Waals surface area contributed by atoms with Crippen molar-refractivity contribution in [1.82, 2.24) is 0 Å². The molecule has 0 aromatic carbocycles. The summed E-state index contributed by atoms with van der Waals surface area (Å²) in [6, 6.07) is 0. The topological polar surface area (TPSA) is 20.2 Å². The molecule has 1 aliphatic rings. The Morgan fingerprint density at radius 3 is 2.00 bits per heavy atom. The molecular formula is C13H26O. The second-order valence-corrected chi connectivity index (χ2v) is 6.00. The Bertz CT molecular complexity index is 164. The van der Waals surface area contributed by atoms with E-state index in [1.54, 1.807) is 0 Å². The standard InChI is InChI=1S/C13H26O/c1-10(2)11-5-7-12(8-6-11)13(3,4)9-14/h10-12,14H,5-9H2,1-4H3. The second kappa shape index (κ2) is 4.65. The van der Waals surface area contributed by atoms with Gasteiger partial charge in [0.1, 0.15) is 0 Å². The molecule has 84 valence electrons. The smallest absolute Gasteiger partial charge is 0.0484 e. The number of aliphatic hydroxyl groups is 1. The fourth-order valence-corrected chi connectivity index (χ4v) is 2.70. The molecule has 14 heavy (non-hydrogen) atoms. The van der Waals surface area contributed by atoms with E-state index in [4.69, 9.17) is 0 Å². The van der Waals surface area contributed by atoms with Crippen LogP contribution in [0.15, 0.2) is 0 Å². The van der Waals surface area contributed by atoms with Gasteiger partial charge in [-0.1, -0.05) is 27.7 Å². The molecule has 0 saturated heterocycles. The SMILES string of the molecule is CC(C)C1CCC(C(C)(C)CO)CC1. The molecule has 0 atom stereocenters. The van der Waals surface area contributed by atoms with Gasteiger partial charge in [0.05, 0.1) is 0 Å². The molecule has 0 radical (unpaired) electrons. The van der Waals surface area contributed by atoms with Crippen molar-refractivity contribution in [2.75, 3.05) is 6.61 Å². The van der Waals surface area contributed by atoms with Crippen molar-refractivity contribution in [2.24, 2.45) is 23.2 Å². The van der Waals surface area contributed by atoms with Crippen molar-refractivity contribution in [2.45, 2.75) is 53.4 Å². The molecule has 0 heterocycles. The van der Waals surface area contributed by atoms with Gasteiger partial charge in [-0.25, -0.2) is 0 Å². The van der Waals surface area contributed by atoms with Crippen molar-refractivity contribution in [3.05, 3.63) is 0 Å². The molecule has 1 rings (SSSR count). The van der Waals surface area contributed by atoms with Gasteiger partial charge in [-0.05, 0) is 48.9 Å². The quantitative estimate of drug-likeness (QED) is 0.736. The third kappa shape index (κ3) is 2.73. The molecular weight excluding hydrogens is 172 g/mol. The molecule has 0 aliphatic heterocycles.